The molecule has 3 saturated heterocycles. The van der Waals surface area contributed by atoms with Gasteiger partial charge in [0.15, 0.2) is 0 Å². The zero-order valence-electron chi connectivity index (χ0n) is 7.88. The van der Waals surface area contributed by atoms with Crippen LogP contribution in [-0.2, 0) is 4.79 Å². The minimum absolute atomic E-state index is 0.219. The van der Waals surface area contributed by atoms with Crippen molar-refractivity contribution in [2.75, 3.05) is 19.6 Å². The van der Waals surface area contributed by atoms with Crippen LogP contribution in [0.25, 0.3) is 0 Å². The number of rotatable bonds is 1. The van der Waals surface area contributed by atoms with E-state index in [4.69, 9.17) is 0 Å². The van der Waals surface area contributed by atoms with Crippen molar-refractivity contribution in [3.05, 3.63) is 0 Å². The standard InChI is InChI=1S/C9H14F2N2O/c10-8(11)9(14)13-4-6-1-2-7(5-13)12-3-6/h6-8,12H,1-5H2. The molecule has 3 aliphatic heterocycles. The van der Waals surface area contributed by atoms with Gasteiger partial charge in [0.2, 0.25) is 0 Å². The Morgan fingerprint density at radius 3 is 2.71 bits per heavy atom. The Hall–Kier alpha value is -0.710. The highest BCUT2D eigenvalue weighted by Crippen LogP contribution is 2.22. The summed E-state index contributed by atoms with van der Waals surface area (Å²) in [5, 5.41) is 3.27. The fourth-order valence-corrected chi connectivity index (χ4v) is 2.26. The Bertz CT molecular complexity index is 213. The average molecular weight is 204 g/mol. The van der Waals surface area contributed by atoms with Gasteiger partial charge in [-0.2, -0.15) is 8.78 Å². The van der Waals surface area contributed by atoms with E-state index in [1.807, 2.05) is 0 Å². The van der Waals surface area contributed by atoms with E-state index in [-0.39, 0.29) is 6.04 Å². The summed E-state index contributed by atoms with van der Waals surface area (Å²) in [6.45, 7) is 1.80. The molecule has 1 N–H and O–H groups in total. The van der Waals surface area contributed by atoms with Gasteiger partial charge in [-0.05, 0) is 25.3 Å². The molecule has 3 aliphatic rings. The maximum absolute atomic E-state index is 12.2. The van der Waals surface area contributed by atoms with Crippen LogP contribution in [0.3, 0.4) is 0 Å². The van der Waals surface area contributed by atoms with Crippen LogP contribution in [0.2, 0.25) is 0 Å². The lowest BCUT2D eigenvalue weighted by atomic mass is 9.97. The lowest BCUT2D eigenvalue weighted by molar-refractivity contribution is -0.143. The van der Waals surface area contributed by atoms with Gasteiger partial charge >= 0.3 is 6.43 Å². The van der Waals surface area contributed by atoms with Gasteiger partial charge in [0.05, 0.1) is 0 Å². The summed E-state index contributed by atoms with van der Waals surface area (Å²) in [7, 11) is 0. The molecule has 14 heavy (non-hydrogen) atoms. The average Bonchev–Trinajstić information content (AvgIpc) is 2.48. The van der Waals surface area contributed by atoms with Gasteiger partial charge in [0.1, 0.15) is 0 Å². The van der Waals surface area contributed by atoms with Crippen molar-refractivity contribution in [3.63, 3.8) is 0 Å². The Labute approximate surface area is 81.4 Å². The highest BCUT2D eigenvalue weighted by Gasteiger charge is 2.33. The van der Waals surface area contributed by atoms with Crippen LogP contribution in [0.5, 0.6) is 0 Å². The summed E-state index contributed by atoms with van der Waals surface area (Å²) in [4.78, 5) is 12.4. The second-order valence-corrected chi connectivity index (χ2v) is 4.09. The van der Waals surface area contributed by atoms with Crippen LogP contribution in [0.4, 0.5) is 8.78 Å². The Kier molecular flexibility index (Phi) is 2.67. The lowest BCUT2D eigenvalue weighted by Crippen LogP contribution is -2.42. The van der Waals surface area contributed by atoms with Gasteiger partial charge in [-0.1, -0.05) is 0 Å². The molecule has 3 nitrogen and oxygen atoms in total. The summed E-state index contributed by atoms with van der Waals surface area (Å²) in [6.07, 6.45) is -0.810. The van der Waals surface area contributed by atoms with E-state index in [1.165, 1.54) is 4.90 Å². The molecule has 3 heterocycles. The van der Waals surface area contributed by atoms with Gasteiger partial charge < -0.3 is 10.2 Å². The molecular formula is C9H14F2N2O. The van der Waals surface area contributed by atoms with Crippen molar-refractivity contribution in [1.29, 1.82) is 0 Å². The number of alkyl halides is 2. The first-order chi connectivity index (χ1) is 6.66. The molecule has 0 spiro atoms. The number of nitrogens with one attached hydrogen (secondary N) is 1. The fraction of sp³-hybridized carbons (Fsp3) is 0.889. The Balaban J connectivity index is 2.03. The van der Waals surface area contributed by atoms with Crippen LogP contribution in [0.15, 0.2) is 0 Å². The molecule has 0 aromatic carbocycles. The number of fused-ring (bicyclic) bond motifs is 4. The lowest BCUT2D eigenvalue weighted by Gasteiger charge is -2.23. The number of carbonyl (C=O) groups is 1. The number of carbonyl (C=O) groups excluding carboxylic acids is 1. The highest BCUT2D eigenvalue weighted by atomic mass is 19.3. The normalized spacial score (nSPS) is 32.1. The summed E-state index contributed by atoms with van der Waals surface area (Å²) in [5.41, 5.74) is 0. The molecule has 5 heteroatoms. The largest absolute Gasteiger partial charge is 0.336 e. The van der Waals surface area contributed by atoms with Crippen LogP contribution < -0.4 is 5.32 Å². The molecule has 2 atom stereocenters. The SMILES string of the molecule is O=C(C(F)F)N1CC2CCC(C1)NC2. The molecule has 80 valence electrons. The number of hydrogen-bond donors (Lipinski definition) is 1. The molecule has 0 saturated carbocycles. The summed E-state index contributed by atoms with van der Waals surface area (Å²) in [5.74, 6) is -0.651. The predicted octanol–water partition coefficient (Wildman–Crippen LogP) is 0.462. The molecule has 3 fully saturated rings. The fourth-order valence-electron chi connectivity index (χ4n) is 2.26. The first-order valence-corrected chi connectivity index (χ1v) is 4.97. The number of nitrogens with zero attached hydrogens (tertiary/aromatic N) is 1. The number of hydrogen-bond acceptors (Lipinski definition) is 2. The molecule has 0 aliphatic carbocycles. The second kappa shape index (κ2) is 3.81. The van der Waals surface area contributed by atoms with E-state index in [0.29, 0.717) is 19.0 Å². The molecule has 2 bridgehead atoms. The maximum Gasteiger partial charge on any atom is 0.315 e. The quantitative estimate of drug-likeness (QED) is 0.673. The minimum Gasteiger partial charge on any atom is -0.336 e. The third-order valence-electron chi connectivity index (χ3n) is 3.04. The van der Waals surface area contributed by atoms with Gasteiger partial charge in [-0.15, -0.1) is 0 Å². The predicted molar refractivity (Wildman–Crippen MR) is 47.1 cm³/mol. The van der Waals surface area contributed by atoms with Gasteiger partial charge in [-0.25, -0.2) is 0 Å². The van der Waals surface area contributed by atoms with Crippen LogP contribution in [0.1, 0.15) is 12.8 Å². The second-order valence-electron chi connectivity index (χ2n) is 4.09. The van der Waals surface area contributed by atoms with Crippen molar-refractivity contribution >= 4 is 5.91 Å². The number of piperidine rings is 1. The highest BCUT2D eigenvalue weighted by molar-refractivity contribution is 5.79. The van der Waals surface area contributed by atoms with E-state index in [1.54, 1.807) is 0 Å². The topological polar surface area (TPSA) is 32.3 Å². The van der Waals surface area contributed by atoms with E-state index in [2.05, 4.69) is 5.32 Å². The number of halogens is 2. The Morgan fingerprint density at radius 1 is 1.36 bits per heavy atom. The Morgan fingerprint density at radius 2 is 2.14 bits per heavy atom. The van der Waals surface area contributed by atoms with Crippen LogP contribution in [-0.4, -0.2) is 42.9 Å². The first kappa shape index (κ1) is 9.83. The van der Waals surface area contributed by atoms with Gasteiger partial charge in [0.25, 0.3) is 5.91 Å². The molecule has 0 aromatic rings. The third kappa shape index (κ3) is 1.87. The van der Waals surface area contributed by atoms with Crippen LogP contribution in [0, 0.1) is 5.92 Å². The number of amides is 1. The summed E-state index contributed by atoms with van der Waals surface area (Å²) < 4.78 is 24.4. The van der Waals surface area contributed by atoms with Crippen molar-refractivity contribution < 1.29 is 13.6 Å². The summed E-state index contributed by atoms with van der Waals surface area (Å²) in [6, 6.07) is 0.219. The minimum atomic E-state index is -2.85. The molecule has 3 rings (SSSR count). The maximum atomic E-state index is 12.2. The zero-order chi connectivity index (χ0) is 10.1. The van der Waals surface area contributed by atoms with Crippen molar-refractivity contribution in [1.82, 2.24) is 10.2 Å². The van der Waals surface area contributed by atoms with Gasteiger partial charge in [0, 0.05) is 19.1 Å². The van der Waals surface area contributed by atoms with Crippen molar-refractivity contribution in [3.8, 4) is 0 Å². The molecule has 0 radical (unpaired) electrons. The smallest absolute Gasteiger partial charge is 0.315 e. The molecule has 0 aromatic heterocycles. The van der Waals surface area contributed by atoms with E-state index in [9.17, 15) is 13.6 Å². The third-order valence-corrected chi connectivity index (χ3v) is 3.04. The van der Waals surface area contributed by atoms with Crippen molar-refractivity contribution in [2.45, 2.75) is 25.3 Å². The monoisotopic (exact) mass is 204 g/mol. The van der Waals surface area contributed by atoms with E-state index in [0.717, 1.165) is 19.4 Å². The molecule has 2 unspecified atom stereocenters. The summed E-state index contributed by atoms with van der Waals surface area (Å²) >= 11 is 0. The van der Waals surface area contributed by atoms with Crippen LogP contribution >= 0.6 is 0 Å². The van der Waals surface area contributed by atoms with Gasteiger partial charge in [-0.3, -0.25) is 4.79 Å². The molecule has 1 amide bonds. The molecular weight excluding hydrogens is 190 g/mol. The van der Waals surface area contributed by atoms with E-state index >= 15 is 0 Å². The first-order valence-electron chi connectivity index (χ1n) is 4.97. The zero-order valence-corrected chi connectivity index (χ0v) is 7.88. The van der Waals surface area contributed by atoms with E-state index < -0.39 is 12.3 Å². The van der Waals surface area contributed by atoms with Crippen molar-refractivity contribution in [2.24, 2.45) is 5.92 Å².